The molecule has 0 saturated heterocycles. The van der Waals surface area contributed by atoms with Crippen LogP contribution in [0.4, 0.5) is 0 Å². The maximum Gasteiger partial charge on any atom is 0.237 e. The van der Waals surface area contributed by atoms with Crippen LogP contribution in [0.25, 0.3) is 0 Å². The number of fused-ring (bicyclic) bond motifs is 3. The molecule has 2 N–H and O–H groups in total. The minimum absolute atomic E-state index is 0.148. The van der Waals surface area contributed by atoms with E-state index in [1.165, 1.54) is 24.0 Å². The van der Waals surface area contributed by atoms with Crippen LogP contribution in [-0.4, -0.2) is 53.5 Å². The molecule has 4 bridgehead atoms. The molecule has 0 aromatic heterocycles. The average molecular weight is 413 g/mol. The molecule has 1 aromatic rings. The Labute approximate surface area is 177 Å². The number of nitrogens with one attached hydrogen (secondary N) is 1. The molecule has 162 valence electrons. The van der Waals surface area contributed by atoms with Crippen molar-refractivity contribution in [3.05, 3.63) is 23.3 Å². The minimum atomic E-state index is -0.452. The van der Waals surface area contributed by atoms with Gasteiger partial charge >= 0.3 is 0 Å². The van der Waals surface area contributed by atoms with Gasteiger partial charge in [0.1, 0.15) is 0 Å². The summed E-state index contributed by atoms with van der Waals surface area (Å²) in [5.74, 6) is 3.45. The van der Waals surface area contributed by atoms with Crippen molar-refractivity contribution in [3.63, 3.8) is 0 Å². The van der Waals surface area contributed by atoms with E-state index in [2.05, 4.69) is 16.3 Å². The monoisotopic (exact) mass is 412 g/mol. The van der Waals surface area contributed by atoms with Crippen molar-refractivity contribution in [3.8, 4) is 11.5 Å². The smallest absolute Gasteiger partial charge is 0.237 e. The van der Waals surface area contributed by atoms with Crippen LogP contribution in [0.2, 0.25) is 0 Å². The van der Waals surface area contributed by atoms with Crippen molar-refractivity contribution in [1.82, 2.24) is 10.2 Å². The first kappa shape index (κ1) is 18.9. The molecule has 4 unspecified atom stereocenters. The van der Waals surface area contributed by atoms with Crippen LogP contribution in [0.15, 0.2) is 12.1 Å². The lowest BCUT2D eigenvalue weighted by molar-refractivity contribution is -0.148. The second kappa shape index (κ2) is 6.86. The summed E-state index contributed by atoms with van der Waals surface area (Å²) in [6, 6.07) is 4.25. The number of ether oxygens (including phenoxy) is 2. The topological polar surface area (TPSA) is 71.0 Å². The number of carbonyl (C=O) groups is 1. The Hall–Kier alpha value is -1.79. The van der Waals surface area contributed by atoms with E-state index in [4.69, 9.17) is 9.47 Å². The largest absolute Gasteiger partial charge is 0.454 e. The predicted octanol–water partition coefficient (Wildman–Crippen LogP) is 2.26. The Morgan fingerprint density at radius 1 is 1.17 bits per heavy atom. The van der Waals surface area contributed by atoms with Crippen LogP contribution in [0.5, 0.6) is 11.5 Å². The van der Waals surface area contributed by atoms with Crippen molar-refractivity contribution < 1.29 is 19.4 Å². The zero-order valence-corrected chi connectivity index (χ0v) is 17.7. The third kappa shape index (κ3) is 3.02. The standard InChI is InChI=1S/C24H32N2O4/c1-14(23(27)25-21-17-8-15-9-18(21)12-24(28,10-15)11-17)26-6-4-16-2-3-20-22(30-13-29-20)19(16)5-7-26/h2-3,14-15,17-18,21,28H,4-13H2,1H3,(H,25,27)/t14?,15?,17-,18+,21?,24?. The molecule has 6 aliphatic rings. The molecular formula is C24H32N2O4. The lowest BCUT2D eigenvalue weighted by Crippen LogP contribution is -2.63. The van der Waals surface area contributed by atoms with E-state index in [9.17, 15) is 9.90 Å². The number of hydrogen-bond donors (Lipinski definition) is 2. The second-order valence-corrected chi connectivity index (χ2v) is 10.4. The van der Waals surface area contributed by atoms with Crippen molar-refractivity contribution >= 4 is 5.91 Å². The number of amides is 1. The van der Waals surface area contributed by atoms with Crippen LogP contribution in [0.1, 0.15) is 50.2 Å². The molecule has 6 nitrogen and oxygen atoms in total. The van der Waals surface area contributed by atoms with Crippen LogP contribution in [-0.2, 0) is 17.6 Å². The van der Waals surface area contributed by atoms with E-state index >= 15 is 0 Å². The summed E-state index contributed by atoms with van der Waals surface area (Å²) in [6.07, 6.45) is 6.85. The zero-order valence-electron chi connectivity index (χ0n) is 17.7. The van der Waals surface area contributed by atoms with Crippen molar-refractivity contribution in [2.45, 2.75) is 69.6 Å². The van der Waals surface area contributed by atoms with E-state index in [0.29, 0.717) is 24.5 Å². The highest BCUT2D eigenvalue weighted by Gasteiger charge is 2.55. The quantitative estimate of drug-likeness (QED) is 0.797. The van der Waals surface area contributed by atoms with E-state index in [1.807, 2.05) is 13.0 Å². The van der Waals surface area contributed by atoms with Gasteiger partial charge in [-0.15, -0.1) is 0 Å². The van der Waals surface area contributed by atoms with Crippen LogP contribution < -0.4 is 14.8 Å². The Bertz CT molecular complexity index is 855. The van der Waals surface area contributed by atoms with Crippen LogP contribution in [0.3, 0.4) is 0 Å². The fourth-order valence-corrected chi connectivity index (χ4v) is 7.27. The highest BCUT2D eigenvalue weighted by atomic mass is 16.7. The van der Waals surface area contributed by atoms with Gasteiger partial charge in [-0.3, -0.25) is 9.69 Å². The number of aliphatic hydroxyl groups is 1. The molecule has 0 spiro atoms. The summed E-state index contributed by atoms with van der Waals surface area (Å²) in [6.45, 7) is 4.06. The molecule has 2 aliphatic heterocycles. The van der Waals surface area contributed by atoms with Crippen molar-refractivity contribution in [1.29, 1.82) is 0 Å². The number of hydrogen-bond acceptors (Lipinski definition) is 5. The van der Waals surface area contributed by atoms with Gasteiger partial charge in [-0.1, -0.05) is 6.07 Å². The average Bonchev–Trinajstić information content (AvgIpc) is 3.08. The number of rotatable bonds is 3. The first-order valence-corrected chi connectivity index (χ1v) is 11.7. The molecule has 0 radical (unpaired) electrons. The molecule has 4 saturated carbocycles. The SMILES string of the molecule is CC(C(=O)NC1[C@@H]2CC3C[C@H]1CC(O)(C3)C2)N1CCc2ccc3c(c2CC1)OCO3. The molecule has 30 heavy (non-hydrogen) atoms. The fraction of sp³-hybridized carbons (Fsp3) is 0.708. The normalized spacial score (nSPS) is 37.5. The summed E-state index contributed by atoms with van der Waals surface area (Å²) in [5, 5.41) is 14.2. The molecule has 2 heterocycles. The van der Waals surface area contributed by atoms with E-state index in [1.54, 1.807) is 0 Å². The summed E-state index contributed by atoms with van der Waals surface area (Å²) >= 11 is 0. The zero-order chi connectivity index (χ0) is 20.5. The molecular weight excluding hydrogens is 380 g/mol. The maximum absolute atomic E-state index is 13.2. The summed E-state index contributed by atoms with van der Waals surface area (Å²) in [4.78, 5) is 15.5. The Kier molecular flexibility index (Phi) is 4.33. The van der Waals surface area contributed by atoms with Gasteiger partial charge in [0.15, 0.2) is 11.5 Å². The van der Waals surface area contributed by atoms with E-state index in [-0.39, 0.29) is 18.0 Å². The van der Waals surface area contributed by atoms with Crippen LogP contribution in [0, 0.1) is 17.8 Å². The highest BCUT2D eigenvalue weighted by molar-refractivity contribution is 5.81. The van der Waals surface area contributed by atoms with Gasteiger partial charge in [-0.25, -0.2) is 0 Å². The lowest BCUT2D eigenvalue weighted by Gasteiger charge is -2.58. The van der Waals surface area contributed by atoms with Gasteiger partial charge in [0, 0.05) is 24.7 Å². The Morgan fingerprint density at radius 2 is 1.93 bits per heavy atom. The number of carbonyl (C=O) groups excluding carboxylic acids is 1. The summed E-state index contributed by atoms with van der Waals surface area (Å²) in [7, 11) is 0. The highest BCUT2D eigenvalue weighted by Crippen LogP contribution is 2.55. The van der Waals surface area contributed by atoms with Crippen molar-refractivity contribution in [2.24, 2.45) is 17.8 Å². The minimum Gasteiger partial charge on any atom is -0.454 e. The van der Waals surface area contributed by atoms with E-state index in [0.717, 1.165) is 56.7 Å². The molecule has 6 atom stereocenters. The van der Waals surface area contributed by atoms with Gasteiger partial charge < -0.3 is 19.9 Å². The number of nitrogens with zero attached hydrogens (tertiary/aromatic N) is 1. The first-order chi connectivity index (χ1) is 14.5. The van der Waals surface area contributed by atoms with E-state index < -0.39 is 5.60 Å². The Morgan fingerprint density at radius 3 is 2.70 bits per heavy atom. The van der Waals surface area contributed by atoms with Gasteiger partial charge in [0.2, 0.25) is 12.7 Å². The third-order valence-electron chi connectivity index (χ3n) is 8.53. The number of benzene rings is 1. The summed E-state index contributed by atoms with van der Waals surface area (Å²) in [5.41, 5.74) is 2.10. The van der Waals surface area contributed by atoms with Crippen molar-refractivity contribution in [2.75, 3.05) is 19.9 Å². The van der Waals surface area contributed by atoms with Gasteiger partial charge in [-0.05, 0) is 81.3 Å². The molecule has 7 rings (SSSR count). The van der Waals surface area contributed by atoms with Gasteiger partial charge in [0.25, 0.3) is 0 Å². The third-order valence-corrected chi connectivity index (χ3v) is 8.53. The van der Waals surface area contributed by atoms with Gasteiger partial charge in [-0.2, -0.15) is 0 Å². The fourth-order valence-electron chi connectivity index (χ4n) is 7.27. The second-order valence-electron chi connectivity index (χ2n) is 10.4. The summed E-state index contributed by atoms with van der Waals surface area (Å²) < 4.78 is 11.3. The molecule has 1 aromatic carbocycles. The predicted molar refractivity (Wildman–Crippen MR) is 111 cm³/mol. The lowest BCUT2D eigenvalue weighted by atomic mass is 9.52. The first-order valence-electron chi connectivity index (χ1n) is 11.7. The molecule has 4 aliphatic carbocycles. The van der Waals surface area contributed by atoms with Crippen LogP contribution >= 0.6 is 0 Å². The molecule has 1 amide bonds. The molecule has 4 fully saturated rings. The maximum atomic E-state index is 13.2. The van der Waals surface area contributed by atoms with Gasteiger partial charge in [0.05, 0.1) is 11.6 Å². The Balaban J connectivity index is 1.12. The molecule has 6 heteroatoms.